The third-order valence-electron chi connectivity index (χ3n) is 2.66. The first-order valence-electron chi connectivity index (χ1n) is 5.66. The SMILES string of the molecule is Nc1cnc2ccccc2c1Sc1ccc(Cl)cn1. The molecule has 0 saturated carbocycles. The summed E-state index contributed by atoms with van der Waals surface area (Å²) in [4.78, 5) is 9.57. The molecule has 5 heteroatoms. The maximum atomic E-state index is 6.03. The van der Waals surface area contributed by atoms with Crippen LogP contribution >= 0.6 is 23.4 Å². The molecule has 0 unspecified atom stereocenters. The van der Waals surface area contributed by atoms with Crippen molar-refractivity contribution in [1.82, 2.24) is 9.97 Å². The van der Waals surface area contributed by atoms with Gasteiger partial charge in [-0.1, -0.05) is 41.6 Å². The minimum Gasteiger partial charge on any atom is -0.397 e. The third-order valence-corrected chi connectivity index (χ3v) is 3.99. The van der Waals surface area contributed by atoms with E-state index in [0.717, 1.165) is 20.8 Å². The summed E-state index contributed by atoms with van der Waals surface area (Å²) in [6, 6.07) is 11.6. The van der Waals surface area contributed by atoms with Gasteiger partial charge in [0.1, 0.15) is 5.03 Å². The van der Waals surface area contributed by atoms with Gasteiger partial charge in [0.15, 0.2) is 0 Å². The van der Waals surface area contributed by atoms with Crippen molar-refractivity contribution in [1.29, 1.82) is 0 Å². The summed E-state index contributed by atoms with van der Waals surface area (Å²) in [7, 11) is 0. The lowest BCUT2D eigenvalue weighted by Gasteiger charge is -2.08. The van der Waals surface area contributed by atoms with Crippen LogP contribution in [0.15, 0.2) is 58.7 Å². The minimum absolute atomic E-state index is 0.622. The Kier molecular flexibility index (Phi) is 3.27. The van der Waals surface area contributed by atoms with Gasteiger partial charge in [-0.25, -0.2) is 4.98 Å². The Labute approximate surface area is 119 Å². The molecule has 2 N–H and O–H groups in total. The van der Waals surface area contributed by atoms with Crippen molar-refractivity contribution in [3.63, 3.8) is 0 Å². The van der Waals surface area contributed by atoms with E-state index < -0.39 is 0 Å². The fourth-order valence-electron chi connectivity index (χ4n) is 1.77. The molecule has 2 aromatic heterocycles. The Morgan fingerprint density at radius 1 is 1.00 bits per heavy atom. The molecule has 0 amide bonds. The average Bonchev–Trinajstić information content (AvgIpc) is 2.44. The zero-order valence-corrected chi connectivity index (χ0v) is 11.4. The largest absolute Gasteiger partial charge is 0.397 e. The van der Waals surface area contributed by atoms with E-state index in [4.69, 9.17) is 17.3 Å². The predicted octanol–water partition coefficient (Wildman–Crippen LogP) is 4.02. The molecule has 0 aliphatic rings. The van der Waals surface area contributed by atoms with Crippen molar-refractivity contribution in [2.45, 2.75) is 9.92 Å². The standard InChI is InChI=1S/C14H10ClN3S/c15-9-5-6-13(18-7-9)19-14-10-3-1-2-4-12(10)17-8-11(14)16/h1-8H,16H2. The number of nitrogens with two attached hydrogens (primary N) is 1. The molecule has 0 aliphatic heterocycles. The number of hydrogen-bond donors (Lipinski definition) is 1. The number of nitrogens with zero attached hydrogens (tertiary/aromatic N) is 2. The van der Waals surface area contributed by atoms with Crippen LogP contribution in [0.25, 0.3) is 10.9 Å². The van der Waals surface area contributed by atoms with Gasteiger partial charge in [0, 0.05) is 16.5 Å². The Bertz CT molecular complexity index is 728. The van der Waals surface area contributed by atoms with Crippen LogP contribution in [0.3, 0.4) is 0 Å². The first-order valence-corrected chi connectivity index (χ1v) is 6.86. The summed E-state index contributed by atoms with van der Waals surface area (Å²) in [5.41, 5.74) is 7.60. The van der Waals surface area contributed by atoms with Crippen molar-refractivity contribution >= 4 is 40.0 Å². The fourth-order valence-corrected chi connectivity index (χ4v) is 2.79. The van der Waals surface area contributed by atoms with Gasteiger partial charge in [0.05, 0.1) is 22.4 Å². The maximum Gasteiger partial charge on any atom is 0.101 e. The van der Waals surface area contributed by atoms with Crippen LogP contribution in [-0.2, 0) is 0 Å². The van der Waals surface area contributed by atoms with Crippen molar-refractivity contribution in [2.24, 2.45) is 0 Å². The van der Waals surface area contributed by atoms with Crippen molar-refractivity contribution in [3.8, 4) is 0 Å². The number of benzene rings is 1. The van der Waals surface area contributed by atoms with E-state index in [0.29, 0.717) is 10.7 Å². The molecule has 0 radical (unpaired) electrons. The molecule has 0 aliphatic carbocycles. The smallest absolute Gasteiger partial charge is 0.101 e. The van der Waals surface area contributed by atoms with Crippen LogP contribution in [-0.4, -0.2) is 9.97 Å². The van der Waals surface area contributed by atoms with Gasteiger partial charge in [-0.15, -0.1) is 0 Å². The van der Waals surface area contributed by atoms with Crippen LogP contribution in [0.2, 0.25) is 5.02 Å². The molecule has 0 spiro atoms. The van der Waals surface area contributed by atoms with Crippen LogP contribution in [0.5, 0.6) is 0 Å². The highest BCUT2D eigenvalue weighted by Crippen LogP contribution is 2.36. The number of pyridine rings is 2. The molecule has 2 heterocycles. The van der Waals surface area contributed by atoms with E-state index in [1.807, 2.05) is 36.4 Å². The fraction of sp³-hybridized carbons (Fsp3) is 0. The lowest BCUT2D eigenvalue weighted by molar-refractivity contribution is 1.13. The topological polar surface area (TPSA) is 51.8 Å². The average molecular weight is 288 g/mol. The van der Waals surface area contributed by atoms with Gasteiger partial charge in [-0.2, -0.15) is 0 Å². The van der Waals surface area contributed by atoms with Gasteiger partial charge in [0.25, 0.3) is 0 Å². The van der Waals surface area contributed by atoms with Crippen molar-refractivity contribution < 1.29 is 0 Å². The lowest BCUT2D eigenvalue weighted by atomic mass is 10.2. The van der Waals surface area contributed by atoms with E-state index in [2.05, 4.69) is 9.97 Å². The monoisotopic (exact) mass is 287 g/mol. The van der Waals surface area contributed by atoms with Gasteiger partial charge < -0.3 is 5.73 Å². The molecule has 0 fully saturated rings. The Balaban J connectivity index is 2.09. The summed E-state index contributed by atoms with van der Waals surface area (Å²) < 4.78 is 0. The molecule has 3 rings (SSSR count). The number of nitrogen functional groups attached to an aromatic ring is 1. The second kappa shape index (κ2) is 5.07. The number of para-hydroxylation sites is 1. The van der Waals surface area contributed by atoms with E-state index in [1.54, 1.807) is 12.4 Å². The highest BCUT2D eigenvalue weighted by atomic mass is 35.5. The minimum atomic E-state index is 0.622. The number of fused-ring (bicyclic) bond motifs is 1. The van der Waals surface area contributed by atoms with Gasteiger partial charge in [-0.05, 0) is 18.2 Å². The predicted molar refractivity (Wildman–Crippen MR) is 79.5 cm³/mol. The highest BCUT2D eigenvalue weighted by Gasteiger charge is 2.08. The second-order valence-electron chi connectivity index (χ2n) is 3.98. The van der Waals surface area contributed by atoms with E-state index in [-0.39, 0.29) is 0 Å². The summed E-state index contributed by atoms with van der Waals surface area (Å²) >= 11 is 7.35. The second-order valence-corrected chi connectivity index (χ2v) is 5.44. The maximum absolute atomic E-state index is 6.03. The number of halogens is 1. The zero-order valence-electron chi connectivity index (χ0n) is 9.88. The summed E-state index contributed by atoms with van der Waals surface area (Å²) in [5.74, 6) is 0. The summed E-state index contributed by atoms with van der Waals surface area (Å²) in [6.07, 6.45) is 3.31. The molecule has 19 heavy (non-hydrogen) atoms. The van der Waals surface area contributed by atoms with Crippen molar-refractivity contribution in [2.75, 3.05) is 5.73 Å². The van der Waals surface area contributed by atoms with Crippen LogP contribution in [0.4, 0.5) is 5.69 Å². The Hall–Kier alpha value is -1.78. The molecule has 3 nitrogen and oxygen atoms in total. The normalized spacial score (nSPS) is 10.8. The molecule has 0 bridgehead atoms. The third kappa shape index (κ3) is 2.50. The van der Waals surface area contributed by atoms with Crippen molar-refractivity contribution in [3.05, 3.63) is 53.8 Å². The number of anilines is 1. The number of aromatic nitrogens is 2. The quantitative estimate of drug-likeness (QED) is 0.773. The Morgan fingerprint density at radius 3 is 2.63 bits per heavy atom. The van der Waals surface area contributed by atoms with Crippen LogP contribution < -0.4 is 5.73 Å². The number of rotatable bonds is 2. The summed E-state index contributed by atoms with van der Waals surface area (Å²) in [6.45, 7) is 0. The first kappa shape index (κ1) is 12.3. The molecule has 0 atom stereocenters. The molecule has 0 saturated heterocycles. The molecular formula is C14H10ClN3S. The summed E-state index contributed by atoms with van der Waals surface area (Å²) in [5, 5.41) is 2.51. The van der Waals surface area contributed by atoms with Crippen LogP contribution in [0, 0.1) is 0 Å². The van der Waals surface area contributed by atoms with E-state index >= 15 is 0 Å². The molecule has 3 aromatic rings. The molecule has 94 valence electrons. The van der Waals surface area contributed by atoms with E-state index in [9.17, 15) is 0 Å². The zero-order chi connectivity index (χ0) is 13.2. The van der Waals surface area contributed by atoms with Crippen LogP contribution in [0.1, 0.15) is 0 Å². The lowest BCUT2D eigenvalue weighted by Crippen LogP contribution is -1.92. The van der Waals surface area contributed by atoms with E-state index in [1.165, 1.54) is 11.8 Å². The first-order chi connectivity index (χ1) is 9.24. The molecular weight excluding hydrogens is 278 g/mol. The highest BCUT2D eigenvalue weighted by molar-refractivity contribution is 7.99. The van der Waals surface area contributed by atoms with Gasteiger partial charge in [-0.3, -0.25) is 4.98 Å². The van der Waals surface area contributed by atoms with Gasteiger partial charge >= 0.3 is 0 Å². The Morgan fingerprint density at radius 2 is 1.84 bits per heavy atom. The van der Waals surface area contributed by atoms with Gasteiger partial charge in [0.2, 0.25) is 0 Å². The molecule has 1 aromatic carbocycles. The number of hydrogen-bond acceptors (Lipinski definition) is 4.